The molecule has 0 atom stereocenters. The van der Waals surface area contributed by atoms with Gasteiger partial charge in [-0.15, -0.1) is 35.7 Å². The molecule has 0 radical (unpaired) electrons. The summed E-state index contributed by atoms with van der Waals surface area (Å²) >= 11 is 0. The molecular formula is C37H23FN6OPt. The molecule has 0 aliphatic carbocycles. The molecule has 0 aliphatic heterocycles. The number of hydrogen-bond acceptors (Lipinski definition) is 5. The third kappa shape index (κ3) is 5.04. The largest absolute Gasteiger partial charge is 2.00 e. The Morgan fingerprint density at radius 1 is 0.826 bits per heavy atom. The maximum atomic E-state index is 14.2. The van der Waals surface area contributed by atoms with Crippen LogP contribution in [0.2, 0.25) is 0 Å². The molecule has 3 aromatic heterocycles. The van der Waals surface area contributed by atoms with Crippen molar-refractivity contribution in [3.8, 4) is 46.3 Å². The minimum atomic E-state index is -0.383. The van der Waals surface area contributed by atoms with Gasteiger partial charge in [0.1, 0.15) is 23.8 Å². The summed E-state index contributed by atoms with van der Waals surface area (Å²) in [6, 6.07) is 31.0. The smallest absolute Gasteiger partial charge is 0.509 e. The number of para-hydroxylation sites is 1. The van der Waals surface area contributed by atoms with Crippen molar-refractivity contribution >= 4 is 21.8 Å². The zero-order chi connectivity index (χ0) is 31.2. The van der Waals surface area contributed by atoms with Crippen LogP contribution in [0.5, 0.6) is 11.5 Å². The van der Waals surface area contributed by atoms with Crippen LogP contribution < -0.4 is 4.74 Å². The number of benzene rings is 4. The van der Waals surface area contributed by atoms with Gasteiger partial charge in [-0.05, 0) is 60.7 Å². The van der Waals surface area contributed by atoms with Gasteiger partial charge in [0.25, 0.3) is 0 Å². The minimum absolute atomic E-state index is 0. The van der Waals surface area contributed by atoms with Gasteiger partial charge in [0, 0.05) is 46.6 Å². The molecule has 3 heterocycles. The van der Waals surface area contributed by atoms with Crippen molar-refractivity contribution in [1.29, 1.82) is 10.5 Å². The Labute approximate surface area is 279 Å². The van der Waals surface area contributed by atoms with Crippen molar-refractivity contribution in [3.63, 3.8) is 0 Å². The molecule has 0 aliphatic rings. The molecule has 7 nitrogen and oxygen atoms in total. The maximum absolute atomic E-state index is 14.2. The summed E-state index contributed by atoms with van der Waals surface area (Å²) in [6.07, 6.45) is 4.87. The van der Waals surface area contributed by atoms with E-state index in [1.54, 1.807) is 23.1 Å². The molecule has 0 bridgehead atoms. The standard InChI is InChI=1S/C37H23FN6O.Pt/c1-22-23(2)32(18-39)37(33(19-40)24(22)3)25-20-42-43(21-25)27-7-6-8-28(16-27)45-29-11-12-31-30-9-4-5-10-34(30)44(35(31)17-29)36-15-26(38)13-14-41-36;/h4-15,20-21H,1-3H3;/q-2;+2. The summed E-state index contributed by atoms with van der Waals surface area (Å²) < 4.78 is 23.9. The van der Waals surface area contributed by atoms with Crippen molar-refractivity contribution in [2.45, 2.75) is 20.8 Å². The summed E-state index contributed by atoms with van der Waals surface area (Å²) in [6.45, 7) is 5.72. The van der Waals surface area contributed by atoms with Crippen molar-refractivity contribution in [1.82, 2.24) is 19.3 Å². The SMILES string of the molecule is Cc1c(C)c(C#N)c(-c2cnn(-c3[c-]c(Oc4[c-]c5c(cc4)c4ccccc4n5-c4cc(F)ccn4)ccc3)c2)c(C#N)c1C.[Pt+2]. The van der Waals surface area contributed by atoms with E-state index in [4.69, 9.17) is 4.74 Å². The number of fused-ring (bicyclic) bond motifs is 3. The van der Waals surface area contributed by atoms with Crippen molar-refractivity contribution < 1.29 is 30.2 Å². The van der Waals surface area contributed by atoms with Crippen LogP contribution in [0.15, 0.2) is 85.3 Å². The molecule has 0 fully saturated rings. The molecule has 46 heavy (non-hydrogen) atoms. The van der Waals surface area contributed by atoms with E-state index in [0.29, 0.717) is 50.8 Å². The Balaban J connectivity index is 0.00000372. The predicted molar refractivity (Wildman–Crippen MR) is 169 cm³/mol. The molecule has 0 amide bonds. The Kier molecular flexibility index (Phi) is 8.00. The average Bonchev–Trinajstić information content (AvgIpc) is 3.67. The first-order valence-electron chi connectivity index (χ1n) is 14.1. The first-order chi connectivity index (χ1) is 21.9. The fourth-order valence-corrected chi connectivity index (χ4v) is 5.74. The molecule has 0 spiro atoms. The first-order valence-corrected chi connectivity index (χ1v) is 14.1. The molecule has 7 rings (SSSR count). The first kappa shape index (κ1) is 30.5. The zero-order valence-corrected chi connectivity index (χ0v) is 27.1. The Bertz CT molecular complexity index is 2350. The van der Waals surface area contributed by atoms with E-state index in [2.05, 4.69) is 34.4 Å². The van der Waals surface area contributed by atoms with Crippen LogP contribution in [0.4, 0.5) is 4.39 Å². The summed E-state index contributed by atoms with van der Waals surface area (Å²) in [7, 11) is 0. The van der Waals surface area contributed by atoms with Gasteiger partial charge in [-0.25, -0.2) is 9.37 Å². The maximum Gasteiger partial charge on any atom is 2.00 e. The minimum Gasteiger partial charge on any atom is -0.509 e. The van der Waals surface area contributed by atoms with Crippen LogP contribution in [-0.4, -0.2) is 19.3 Å². The monoisotopic (exact) mass is 781 g/mol. The van der Waals surface area contributed by atoms with Crippen molar-refractivity contribution in [2.24, 2.45) is 0 Å². The van der Waals surface area contributed by atoms with Crippen LogP contribution in [0.1, 0.15) is 27.8 Å². The number of ether oxygens (including phenoxy) is 1. The fraction of sp³-hybridized carbons (Fsp3) is 0.0811. The summed E-state index contributed by atoms with van der Waals surface area (Å²) in [5, 5.41) is 26.4. The zero-order valence-electron chi connectivity index (χ0n) is 24.9. The van der Waals surface area contributed by atoms with Crippen LogP contribution in [-0.2, 0) is 21.1 Å². The van der Waals surface area contributed by atoms with Crippen LogP contribution >= 0.6 is 0 Å². The van der Waals surface area contributed by atoms with Gasteiger partial charge < -0.3 is 9.30 Å². The van der Waals surface area contributed by atoms with Crippen LogP contribution in [0.3, 0.4) is 0 Å². The normalized spacial score (nSPS) is 10.8. The van der Waals surface area contributed by atoms with Gasteiger partial charge in [-0.3, -0.25) is 4.68 Å². The molecule has 9 heteroatoms. The Hall–Kier alpha value is -5.56. The van der Waals surface area contributed by atoms with Gasteiger partial charge in [0.05, 0.1) is 17.3 Å². The molecular weight excluding hydrogens is 759 g/mol. The van der Waals surface area contributed by atoms with E-state index in [-0.39, 0.29) is 26.9 Å². The summed E-state index contributed by atoms with van der Waals surface area (Å²) in [5.74, 6) is 0.937. The van der Waals surface area contributed by atoms with E-state index in [9.17, 15) is 14.9 Å². The van der Waals surface area contributed by atoms with Gasteiger partial charge in [-0.1, -0.05) is 23.7 Å². The van der Waals surface area contributed by atoms with Crippen LogP contribution in [0.25, 0.3) is 44.4 Å². The molecule has 0 saturated carbocycles. The second-order valence-electron chi connectivity index (χ2n) is 10.7. The number of halogens is 1. The predicted octanol–water partition coefficient (Wildman–Crippen LogP) is 8.23. The number of aromatic nitrogens is 4. The third-order valence-corrected chi connectivity index (χ3v) is 8.18. The van der Waals surface area contributed by atoms with E-state index < -0.39 is 0 Å². The Morgan fingerprint density at radius 3 is 2.30 bits per heavy atom. The molecule has 224 valence electrons. The van der Waals surface area contributed by atoms with E-state index in [0.717, 1.165) is 33.0 Å². The number of pyridine rings is 1. The molecule has 0 unspecified atom stereocenters. The number of rotatable bonds is 5. The number of nitrogens with zero attached hydrogens (tertiary/aromatic N) is 6. The van der Waals surface area contributed by atoms with E-state index in [1.807, 2.05) is 73.9 Å². The topological polar surface area (TPSA) is 92.4 Å². The van der Waals surface area contributed by atoms with Gasteiger partial charge in [0.2, 0.25) is 0 Å². The van der Waals surface area contributed by atoms with Crippen molar-refractivity contribution in [2.75, 3.05) is 0 Å². The van der Waals surface area contributed by atoms with Crippen molar-refractivity contribution in [3.05, 3.63) is 131 Å². The molecule has 4 aromatic carbocycles. The molecule has 0 saturated heterocycles. The van der Waals surface area contributed by atoms with Gasteiger partial charge >= 0.3 is 21.1 Å². The molecule has 7 aromatic rings. The van der Waals surface area contributed by atoms with Gasteiger partial charge in [0.15, 0.2) is 0 Å². The summed E-state index contributed by atoms with van der Waals surface area (Å²) in [5.41, 5.74) is 6.97. The van der Waals surface area contributed by atoms with Gasteiger partial charge in [-0.2, -0.15) is 27.8 Å². The quantitative estimate of drug-likeness (QED) is 0.164. The fourth-order valence-electron chi connectivity index (χ4n) is 5.74. The third-order valence-electron chi connectivity index (χ3n) is 8.18. The van der Waals surface area contributed by atoms with Crippen LogP contribution in [0, 0.1) is 61.4 Å². The second kappa shape index (κ2) is 12.1. The molecule has 0 N–H and O–H groups in total. The van der Waals surface area contributed by atoms with E-state index in [1.165, 1.54) is 18.3 Å². The second-order valence-corrected chi connectivity index (χ2v) is 10.7. The Morgan fingerprint density at radius 2 is 1.57 bits per heavy atom. The number of nitriles is 2. The van der Waals surface area contributed by atoms with E-state index >= 15 is 0 Å². The average molecular weight is 782 g/mol. The summed E-state index contributed by atoms with van der Waals surface area (Å²) in [4.78, 5) is 4.41. The number of hydrogen-bond donors (Lipinski definition) is 0.